The van der Waals surface area contributed by atoms with Gasteiger partial charge in [-0.3, -0.25) is 9.80 Å². The van der Waals surface area contributed by atoms with Crippen LogP contribution in [0.4, 0.5) is 0 Å². The van der Waals surface area contributed by atoms with E-state index in [1.165, 1.54) is 4.70 Å². The minimum Gasteiger partial charge on any atom is -0.496 e. The zero-order valence-electron chi connectivity index (χ0n) is 28.7. The number of ether oxygens (including phenoxy) is 4. The van der Waals surface area contributed by atoms with E-state index in [1.54, 1.807) is 25.6 Å². The quantitative estimate of drug-likeness (QED) is 0.140. The number of para-hydroxylation sites is 1. The fraction of sp³-hybridized carbons (Fsp3) is 0.333. The summed E-state index contributed by atoms with van der Waals surface area (Å²) in [5.74, 6) is 3.15. The van der Waals surface area contributed by atoms with Crippen LogP contribution >= 0.6 is 11.3 Å². The fourth-order valence-electron chi connectivity index (χ4n) is 6.25. The maximum Gasteiger partial charge on any atom is 0.163 e. The van der Waals surface area contributed by atoms with Gasteiger partial charge in [0.2, 0.25) is 0 Å². The first kappa shape index (κ1) is 32.9. The van der Waals surface area contributed by atoms with Crippen LogP contribution in [0, 0.1) is 20.8 Å². The predicted molar refractivity (Wildman–Crippen MR) is 194 cm³/mol. The Morgan fingerprint density at radius 2 is 1.43 bits per heavy atom. The number of aryl methyl sites for hydroxylation is 2. The number of oxime groups is 1. The summed E-state index contributed by atoms with van der Waals surface area (Å²) in [6, 6.07) is 24.7. The van der Waals surface area contributed by atoms with Gasteiger partial charge in [-0.1, -0.05) is 23.4 Å². The molecule has 254 valence electrons. The van der Waals surface area contributed by atoms with Crippen molar-refractivity contribution in [1.82, 2.24) is 14.8 Å². The Kier molecular flexibility index (Phi) is 9.70. The summed E-state index contributed by atoms with van der Waals surface area (Å²) in [6.45, 7) is 10.8. The molecule has 0 radical (unpaired) electrons. The summed E-state index contributed by atoms with van der Waals surface area (Å²) in [5.41, 5.74) is 8.48. The Labute approximate surface area is 291 Å². The van der Waals surface area contributed by atoms with Crippen LogP contribution in [-0.4, -0.2) is 74.4 Å². The summed E-state index contributed by atoms with van der Waals surface area (Å²) in [6.07, 6.45) is 0.459. The second-order valence-electron chi connectivity index (χ2n) is 12.6. The molecule has 0 amide bonds. The molecule has 3 heterocycles. The molecule has 1 atom stereocenters. The second kappa shape index (κ2) is 14.5. The largest absolute Gasteiger partial charge is 0.496 e. The SMILES string of the molecule is COc1ccc(C2CC(c3cc(C)c(C)c(OC)c3)=NO2)cc1OCN1CCN(COc2ccc(-c3nc4ccccc4s3)cc2C)CC1. The highest BCUT2D eigenvalue weighted by Crippen LogP contribution is 2.37. The molecule has 0 bridgehead atoms. The van der Waals surface area contributed by atoms with E-state index in [2.05, 4.69) is 78.2 Å². The highest BCUT2D eigenvalue weighted by molar-refractivity contribution is 7.21. The Hall–Kier alpha value is -4.64. The number of rotatable bonds is 11. The number of aromatic nitrogens is 1. The van der Waals surface area contributed by atoms with Gasteiger partial charge < -0.3 is 23.8 Å². The van der Waals surface area contributed by atoms with Gasteiger partial charge in [0.1, 0.15) is 30.0 Å². The van der Waals surface area contributed by atoms with E-state index >= 15 is 0 Å². The smallest absolute Gasteiger partial charge is 0.163 e. The van der Waals surface area contributed by atoms with Gasteiger partial charge in [-0.15, -0.1) is 11.3 Å². The third-order valence-corrected chi connectivity index (χ3v) is 10.5. The van der Waals surface area contributed by atoms with E-state index in [-0.39, 0.29) is 6.10 Å². The first-order valence-electron chi connectivity index (χ1n) is 16.6. The number of hydrogen-bond acceptors (Lipinski definition) is 10. The molecule has 2 aliphatic heterocycles. The van der Waals surface area contributed by atoms with Crippen molar-refractivity contribution in [1.29, 1.82) is 0 Å². The number of thiazole rings is 1. The van der Waals surface area contributed by atoms with Crippen molar-refractivity contribution in [3.05, 3.63) is 101 Å². The maximum absolute atomic E-state index is 6.32. The van der Waals surface area contributed by atoms with Crippen LogP contribution in [0.1, 0.15) is 40.3 Å². The minimum absolute atomic E-state index is 0.202. The lowest BCUT2D eigenvalue weighted by Gasteiger charge is -2.34. The van der Waals surface area contributed by atoms with Gasteiger partial charge in [-0.05, 0) is 97.6 Å². The standard InChI is InChI=1S/C39H42N4O5S/c1-25-18-30(21-35(45-5)27(25)3)32-22-36(48-41-32)28-10-13-34(44-4)37(20-28)47-24-43-16-14-42(15-17-43)23-46-33-12-11-29(19-26(33)2)39-40-31-8-6-7-9-38(31)49-39/h6-13,18-21,36H,14-17,22-24H2,1-5H3. The van der Waals surface area contributed by atoms with Gasteiger partial charge in [-0.2, -0.15) is 0 Å². The number of nitrogens with zero attached hydrogens (tertiary/aromatic N) is 4. The van der Waals surface area contributed by atoms with Crippen molar-refractivity contribution in [3.8, 4) is 33.6 Å². The van der Waals surface area contributed by atoms with Crippen LogP contribution in [0.5, 0.6) is 23.0 Å². The first-order chi connectivity index (χ1) is 23.9. The average molecular weight is 679 g/mol. The van der Waals surface area contributed by atoms with E-state index in [4.69, 9.17) is 28.8 Å². The summed E-state index contributed by atoms with van der Waals surface area (Å²) in [5, 5.41) is 5.47. The van der Waals surface area contributed by atoms with Crippen molar-refractivity contribution in [2.75, 3.05) is 53.9 Å². The number of methoxy groups -OCH3 is 2. The normalized spacial score (nSPS) is 16.8. The van der Waals surface area contributed by atoms with Crippen LogP contribution in [0.15, 0.2) is 78.0 Å². The van der Waals surface area contributed by atoms with Gasteiger partial charge >= 0.3 is 0 Å². The van der Waals surface area contributed by atoms with Crippen LogP contribution in [-0.2, 0) is 4.84 Å². The average Bonchev–Trinajstić information content (AvgIpc) is 3.80. The van der Waals surface area contributed by atoms with Gasteiger partial charge in [0, 0.05) is 43.7 Å². The number of piperazine rings is 1. The predicted octanol–water partition coefficient (Wildman–Crippen LogP) is 7.76. The van der Waals surface area contributed by atoms with Crippen LogP contribution in [0.3, 0.4) is 0 Å². The fourth-order valence-corrected chi connectivity index (χ4v) is 7.21. The van der Waals surface area contributed by atoms with Gasteiger partial charge in [-0.25, -0.2) is 4.98 Å². The van der Waals surface area contributed by atoms with Gasteiger partial charge in [0.25, 0.3) is 0 Å². The first-order valence-corrected chi connectivity index (χ1v) is 17.4. The molecule has 0 N–H and O–H groups in total. The number of fused-ring (bicyclic) bond motifs is 1. The van der Waals surface area contributed by atoms with E-state index < -0.39 is 0 Å². The molecule has 9 nitrogen and oxygen atoms in total. The summed E-state index contributed by atoms with van der Waals surface area (Å²) in [7, 11) is 3.36. The molecule has 10 heteroatoms. The second-order valence-corrected chi connectivity index (χ2v) is 13.6. The molecule has 0 aliphatic carbocycles. The van der Waals surface area contributed by atoms with Crippen molar-refractivity contribution in [2.24, 2.45) is 5.16 Å². The minimum atomic E-state index is -0.202. The summed E-state index contributed by atoms with van der Waals surface area (Å²) in [4.78, 5) is 15.3. The summed E-state index contributed by atoms with van der Waals surface area (Å²) >= 11 is 1.72. The zero-order chi connectivity index (χ0) is 33.9. The number of hydrogen-bond donors (Lipinski definition) is 0. The third-order valence-electron chi connectivity index (χ3n) is 9.39. The molecular weight excluding hydrogens is 637 g/mol. The maximum atomic E-state index is 6.32. The zero-order valence-corrected chi connectivity index (χ0v) is 29.5. The van der Waals surface area contributed by atoms with Crippen molar-refractivity contribution in [3.63, 3.8) is 0 Å². The Morgan fingerprint density at radius 3 is 2.14 bits per heavy atom. The van der Waals surface area contributed by atoms with E-state index in [0.29, 0.717) is 31.4 Å². The van der Waals surface area contributed by atoms with E-state index in [0.717, 1.165) is 87.3 Å². The lowest BCUT2D eigenvalue weighted by molar-refractivity contribution is 0.0321. The molecule has 1 fully saturated rings. The van der Waals surface area contributed by atoms with Crippen molar-refractivity contribution >= 4 is 27.3 Å². The summed E-state index contributed by atoms with van der Waals surface area (Å²) < 4.78 is 25.0. The van der Waals surface area contributed by atoms with Crippen molar-refractivity contribution < 1.29 is 23.8 Å². The van der Waals surface area contributed by atoms with Gasteiger partial charge in [0.05, 0.1) is 30.1 Å². The molecule has 0 saturated carbocycles. The lowest BCUT2D eigenvalue weighted by Crippen LogP contribution is -2.48. The van der Waals surface area contributed by atoms with E-state index in [1.807, 2.05) is 30.3 Å². The van der Waals surface area contributed by atoms with Gasteiger partial charge in [0.15, 0.2) is 17.6 Å². The topological polar surface area (TPSA) is 77.9 Å². The Morgan fingerprint density at radius 1 is 0.735 bits per heavy atom. The highest BCUT2D eigenvalue weighted by Gasteiger charge is 2.26. The molecule has 7 rings (SSSR count). The number of benzene rings is 4. The monoisotopic (exact) mass is 678 g/mol. The van der Waals surface area contributed by atoms with Crippen LogP contribution in [0.2, 0.25) is 0 Å². The lowest BCUT2D eigenvalue weighted by atomic mass is 9.97. The molecule has 1 saturated heterocycles. The molecule has 49 heavy (non-hydrogen) atoms. The molecule has 1 unspecified atom stereocenters. The molecule has 4 aromatic carbocycles. The van der Waals surface area contributed by atoms with Crippen molar-refractivity contribution in [2.45, 2.75) is 33.3 Å². The third kappa shape index (κ3) is 7.22. The Bertz CT molecular complexity index is 1950. The molecule has 2 aliphatic rings. The highest BCUT2D eigenvalue weighted by atomic mass is 32.1. The van der Waals surface area contributed by atoms with E-state index in [9.17, 15) is 0 Å². The molecule has 0 spiro atoms. The molecule has 1 aromatic heterocycles. The van der Waals surface area contributed by atoms with Crippen LogP contribution in [0.25, 0.3) is 20.8 Å². The van der Waals surface area contributed by atoms with Crippen LogP contribution < -0.4 is 18.9 Å². The molecule has 5 aromatic rings. The Balaban J connectivity index is 0.902. The molecular formula is C39H42N4O5S.